The van der Waals surface area contributed by atoms with E-state index in [1.54, 1.807) is 6.20 Å². The Balaban J connectivity index is 2.45. The molecule has 0 saturated heterocycles. The molecular weight excluding hydrogens is 186 g/mol. The molecule has 2 rings (SSSR count). The van der Waals surface area contributed by atoms with Crippen molar-refractivity contribution in [3.05, 3.63) is 41.6 Å². The molecular formula is C12H15N3. The minimum Gasteiger partial charge on any atom is -0.324 e. The Morgan fingerprint density at radius 3 is 2.53 bits per heavy atom. The molecule has 1 aromatic heterocycles. The maximum atomic E-state index is 5.87. The zero-order valence-corrected chi connectivity index (χ0v) is 8.99. The Labute approximate surface area is 89.3 Å². The van der Waals surface area contributed by atoms with E-state index in [1.807, 2.05) is 6.92 Å². The normalized spacial score (nSPS) is 12.7. The first-order valence-corrected chi connectivity index (χ1v) is 5.04. The van der Waals surface area contributed by atoms with Gasteiger partial charge in [0.15, 0.2) is 0 Å². The summed E-state index contributed by atoms with van der Waals surface area (Å²) in [5.41, 5.74) is 10.3. The van der Waals surface area contributed by atoms with Gasteiger partial charge >= 0.3 is 0 Å². The lowest BCUT2D eigenvalue weighted by Gasteiger charge is -2.06. The third-order valence-electron chi connectivity index (χ3n) is 2.50. The van der Waals surface area contributed by atoms with Gasteiger partial charge in [0.2, 0.25) is 0 Å². The Morgan fingerprint density at radius 1 is 1.27 bits per heavy atom. The topological polar surface area (TPSA) is 54.7 Å². The summed E-state index contributed by atoms with van der Waals surface area (Å²) >= 11 is 0. The molecule has 1 heterocycles. The molecule has 0 bridgehead atoms. The van der Waals surface area contributed by atoms with Gasteiger partial charge in [0, 0.05) is 11.6 Å². The van der Waals surface area contributed by atoms with E-state index in [2.05, 4.69) is 41.4 Å². The molecule has 0 aliphatic rings. The number of aryl methyl sites for hydroxylation is 1. The molecule has 0 aliphatic carbocycles. The third-order valence-corrected chi connectivity index (χ3v) is 2.50. The number of benzene rings is 1. The van der Waals surface area contributed by atoms with Gasteiger partial charge in [0.05, 0.1) is 11.9 Å². The second kappa shape index (κ2) is 3.87. The second-order valence-electron chi connectivity index (χ2n) is 3.86. The summed E-state index contributed by atoms with van der Waals surface area (Å²) in [6, 6.07) is 8.33. The van der Waals surface area contributed by atoms with E-state index >= 15 is 0 Å². The van der Waals surface area contributed by atoms with Crippen LogP contribution in [0.2, 0.25) is 0 Å². The summed E-state index contributed by atoms with van der Waals surface area (Å²) in [7, 11) is 0. The highest BCUT2D eigenvalue weighted by atomic mass is 15.1. The average Bonchev–Trinajstić information content (AvgIpc) is 2.67. The molecule has 0 saturated carbocycles. The minimum atomic E-state index is 0.0000491. The Morgan fingerprint density at radius 2 is 1.93 bits per heavy atom. The van der Waals surface area contributed by atoms with Crippen molar-refractivity contribution in [2.45, 2.75) is 19.9 Å². The molecule has 3 N–H and O–H groups in total. The van der Waals surface area contributed by atoms with Crippen LogP contribution in [0.3, 0.4) is 0 Å². The lowest BCUT2D eigenvalue weighted by atomic mass is 10.0. The third kappa shape index (κ3) is 1.92. The highest BCUT2D eigenvalue weighted by Gasteiger charge is 2.10. The molecule has 2 aromatic rings. The maximum Gasteiger partial charge on any atom is 0.0697 e. The summed E-state index contributed by atoms with van der Waals surface area (Å²) in [6.45, 7) is 4.03. The highest BCUT2D eigenvalue weighted by Crippen LogP contribution is 2.24. The van der Waals surface area contributed by atoms with Gasteiger partial charge in [-0.15, -0.1) is 0 Å². The van der Waals surface area contributed by atoms with E-state index in [-0.39, 0.29) is 6.04 Å². The number of hydrogen-bond donors (Lipinski definition) is 2. The number of nitrogens with one attached hydrogen (secondary N) is 1. The molecule has 0 fully saturated rings. The van der Waals surface area contributed by atoms with Crippen LogP contribution in [0.5, 0.6) is 0 Å². The van der Waals surface area contributed by atoms with Crippen molar-refractivity contribution >= 4 is 0 Å². The molecule has 3 heteroatoms. The van der Waals surface area contributed by atoms with Crippen molar-refractivity contribution < 1.29 is 0 Å². The Hall–Kier alpha value is -1.61. The number of nitrogens with two attached hydrogens (primary N) is 1. The molecule has 0 radical (unpaired) electrons. The number of rotatable bonds is 2. The Bertz CT molecular complexity index is 440. The quantitative estimate of drug-likeness (QED) is 0.784. The molecule has 3 nitrogen and oxygen atoms in total. The van der Waals surface area contributed by atoms with Crippen LogP contribution in [0, 0.1) is 6.92 Å². The van der Waals surface area contributed by atoms with E-state index < -0.39 is 0 Å². The van der Waals surface area contributed by atoms with E-state index in [0.29, 0.717) is 0 Å². The van der Waals surface area contributed by atoms with Crippen LogP contribution in [0.15, 0.2) is 30.5 Å². The van der Waals surface area contributed by atoms with Gasteiger partial charge in [-0.3, -0.25) is 5.10 Å². The van der Waals surface area contributed by atoms with Gasteiger partial charge in [-0.2, -0.15) is 5.10 Å². The SMILES string of the molecule is Cc1ccc(-c2[nH]ncc2C(C)N)cc1. The number of nitrogens with zero attached hydrogens (tertiary/aromatic N) is 1. The fourth-order valence-corrected chi connectivity index (χ4v) is 1.59. The number of aromatic amines is 1. The number of hydrogen-bond acceptors (Lipinski definition) is 2. The fraction of sp³-hybridized carbons (Fsp3) is 0.250. The monoisotopic (exact) mass is 201 g/mol. The van der Waals surface area contributed by atoms with Crippen LogP contribution < -0.4 is 5.73 Å². The highest BCUT2D eigenvalue weighted by molar-refractivity contribution is 5.63. The summed E-state index contributed by atoms with van der Waals surface area (Å²) in [6.07, 6.45) is 1.79. The van der Waals surface area contributed by atoms with E-state index in [1.165, 1.54) is 5.56 Å². The smallest absolute Gasteiger partial charge is 0.0697 e. The minimum absolute atomic E-state index is 0.0000491. The van der Waals surface area contributed by atoms with E-state index in [4.69, 9.17) is 5.73 Å². The van der Waals surface area contributed by atoms with Crippen LogP contribution in [0.1, 0.15) is 24.1 Å². The predicted octanol–water partition coefficient (Wildman–Crippen LogP) is 2.40. The van der Waals surface area contributed by atoms with Gasteiger partial charge < -0.3 is 5.73 Å². The van der Waals surface area contributed by atoms with Crippen molar-refractivity contribution in [3.63, 3.8) is 0 Å². The summed E-state index contributed by atoms with van der Waals surface area (Å²) in [4.78, 5) is 0. The first-order chi connectivity index (χ1) is 7.18. The lowest BCUT2D eigenvalue weighted by molar-refractivity contribution is 0.821. The summed E-state index contributed by atoms with van der Waals surface area (Å²) in [5, 5.41) is 7.03. The Kier molecular flexibility index (Phi) is 2.56. The van der Waals surface area contributed by atoms with Crippen molar-refractivity contribution in [2.75, 3.05) is 0 Å². The van der Waals surface area contributed by atoms with Crippen molar-refractivity contribution in [1.29, 1.82) is 0 Å². The van der Waals surface area contributed by atoms with Crippen LogP contribution in [-0.2, 0) is 0 Å². The van der Waals surface area contributed by atoms with Crippen LogP contribution in [-0.4, -0.2) is 10.2 Å². The first kappa shape index (κ1) is 9.93. The predicted molar refractivity (Wildman–Crippen MR) is 61.4 cm³/mol. The van der Waals surface area contributed by atoms with Gasteiger partial charge in [-0.1, -0.05) is 29.8 Å². The van der Waals surface area contributed by atoms with Crippen molar-refractivity contribution in [1.82, 2.24) is 10.2 Å². The van der Waals surface area contributed by atoms with Gasteiger partial charge in [-0.05, 0) is 19.4 Å². The zero-order chi connectivity index (χ0) is 10.8. The molecule has 0 aliphatic heterocycles. The standard InChI is InChI=1S/C12H15N3/c1-8-3-5-10(6-4-8)12-11(9(2)13)7-14-15-12/h3-7,9H,13H2,1-2H3,(H,14,15). The average molecular weight is 201 g/mol. The molecule has 0 amide bonds. The summed E-state index contributed by atoms with van der Waals surface area (Å²) < 4.78 is 0. The van der Waals surface area contributed by atoms with Gasteiger partial charge in [-0.25, -0.2) is 0 Å². The maximum absolute atomic E-state index is 5.87. The molecule has 15 heavy (non-hydrogen) atoms. The number of H-pyrrole nitrogens is 1. The van der Waals surface area contributed by atoms with Crippen molar-refractivity contribution in [3.8, 4) is 11.3 Å². The molecule has 0 spiro atoms. The van der Waals surface area contributed by atoms with Crippen LogP contribution in [0.4, 0.5) is 0 Å². The van der Waals surface area contributed by atoms with E-state index in [9.17, 15) is 0 Å². The zero-order valence-electron chi connectivity index (χ0n) is 8.99. The van der Waals surface area contributed by atoms with Crippen LogP contribution >= 0.6 is 0 Å². The van der Waals surface area contributed by atoms with Crippen LogP contribution in [0.25, 0.3) is 11.3 Å². The fourth-order valence-electron chi connectivity index (χ4n) is 1.59. The lowest BCUT2D eigenvalue weighted by Crippen LogP contribution is -2.05. The molecule has 1 aromatic carbocycles. The van der Waals surface area contributed by atoms with Gasteiger partial charge in [0.1, 0.15) is 0 Å². The van der Waals surface area contributed by atoms with Gasteiger partial charge in [0.25, 0.3) is 0 Å². The second-order valence-corrected chi connectivity index (χ2v) is 3.86. The largest absolute Gasteiger partial charge is 0.324 e. The van der Waals surface area contributed by atoms with Crippen molar-refractivity contribution in [2.24, 2.45) is 5.73 Å². The summed E-state index contributed by atoms with van der Waals surface area (Å²) in [5.74, 6) is 0. The number of aromatic nitrogens is 2. The molecule has 1 atom stereocenters. The first-order valence-electron chi connectivity index (χ1n) is 5.04. The van der Waals surface area contributed by atoms with E-state index in [0.717, 1.165) is 16.8 Å². The molecule has 1 unspecified atom stereocenters. The molecule has 78 valence electrons.